The summed E-state index contributed by atoms with van der Waals surface area (Å²) in [5, 5.41) is 0. The van der Waals surface area contributed by atoms with E-state index in [2.05, 4.69) is 77.0 Å². The minimum Gasteiger partial charge on any atom is -0.339 e. The monoisotopic (exact) mass is 243 g/mol. The van der Waals surface area contributed by atoms with Gasteiger partial charge in [0.05, 0.1) is 0 Å². The van der Waals surface area contributed by atoms with E-state index in [-0.39, 0.29) is 5.54 Å². The smallest absolute Gasteiger partial charge is 0.0490 e. The molecule has 1 nitrogen and oxygen atoms in total. The van der Waals surface area contributed by atoms with E-state index in [4.69, 9.17) is 0 Å². The zero-order valence-corrected chi connectivity index (χ0v) is 12.5. The van der Waals surface area contributed by atoms with E-state index in [0.29, 0.717) is 0 Å². The van der Waals surface area contributed by atoms with E-state index in [1.165, 1.54) is 22.5 Å². The summed E-state index contributed by atoms with van der Waals surface area (Å²) >= 11 is 0. The van der Waals surface area contributed by atoms with Crippen LogP contribution < -0.4 is 0 Å². The SMILES string of the molecule is C=Cc1c(/C=C\C)c(C)n(C(C)(C)C)c1/C=C\C. The van der Waals surface area contributed by atoms with Crippen LogP contribution in [0.25, 0.3) is 18.2 Å². The number of hydrogen-bond acceptors (Lipinski definition) is 0. The van der Waals surface area contributed by atoms with Crippen molar-refractivity contribution in [3.8, 4) is 0 Å². The fourth-order valence-electron chi connectivity index (χ4n) is 2.53. The molecule has 0 N–H and O–H groups in total. The normalized spacial score (nSPS) is 12.8. The Hall–Kier alpha value is -1.50. The summed E-state index contributed by atoms with van der Waals surface area (Å²) in [5.74, 6) is 0. The lowest BCUT2D eigenvalue weighted by Gasteiger charge is -2.26. The van der Waals surface area contributed by atoms with E-state index in [9.17, 15) is 0 Å². The van der Waals surface area contributed by atoms with Crippen molar-refractivity contribution in [3.05, 3.63) is 41.2 Å². The Labute approximate surface area is 112 Å². The Balaban J connectivity index is 3.74. The first kappa shape index (κ1) is 14.6. The van der Waals surface area contributed by atoms with Gasteiger partial charge in [0.15, 0.2) is 0 Å². The number of aromatic nitrogens is 1. The predicted octanol–water partition coefficient (Wildman–Crippen LogP) is 5.26. The van der Waals surface area contributed by atoms with E-state index >= 15 is 0 Å². The second kappa shape index (κ2) is 5.43. The Morgan fingerprint density at radius 1 is 1.00 bits per heavy atom. The lowest BCUT2D eigenvalue weighted by Crippen LogP contribution is -2.24. The molecule has 1 heterocycles. The van der Waals surface area contributed by atoms with Crippen molar-refractivity contribution >= 4 is 18.2 Å². The number of hydrogen-bond donors (Lipinski definition) is 0. The summed E-state index contributed by atoms with van der Waals surface area (Å²) in [6.45, 7) is 17.0. The summed E-state index contributed by atoms with van der Waals surface area (Å²) in [6, 6.07) is 0. The van der Waals surface area contributed by atoms with E-state index in [1.807, 2.05) is 6.08 Å². The molecule has 1 aromatic heterocycles. The average molecular weight is 243 g/mol. The van der Waals surface area contributed by atoms with Crippen molar-refractivity contribution in [3.63, 3.8) is 0 Å². The molecule has 18 heavy (non-hydrogen) atoms. The first-order chi connectivity index (χ1) is 8.38. The van der Waals surface area contributed by atoms with Gasteiger partial charge in [0.25, 0.3) is 0 Å². The topological polar surface area (TPSA) is 4.93 Å². The fourth-order valence-corrected chi connectivity index (χ4v) is 2.53. The van der Waals surface area contributed by atoms with Gasteiger partial charge in [0.1, 0.15) is 0 Å². The van der Waals surface area contributed by atoms with Crippen LogP contribution in [0.5, 0.6) is 0 Å². The van der Waals surface area contributed by atoms with E-state index < -0.39 is 0 Å². The summed E-state index contributed by atoms with van der Waals surface area (Å²) in [6.07, 6.45) is 10.5. The predicted molar refractivity (Wildman–Crippen MR) is 83.7 cm³/mol. The quantitative estimate of drug-likeness (QED) is 0.682. The van der Waals surface area contributed by atoms with Crippen molar-refractivity contribution in [1.82, 2.24) is 4.57 Å². The summed E-state index contributed by atoms with van der Waals surface area (Å²) in [7, 11) is 0. The van der Waals surface area contributed by atoms with Gasteiger partial charge in [0.2, 0.25) is 0 Å². The molecule has 0 radical (unpaired) electrons. The Morgan fingerprint density at radius 3 is 1.94 bits per heavy atom. The molecular weight excluding hydrogens is 218 g/mol. The molecule has 1 heteroatoms. The maximum absolute atomic E-state index is 3.97. The standard InChI is InChI=1S/C17H25N/c1-8-11-15-13(4)18(17(5,6)7)16(12-9-2)14(15)10-3/h8-12H,3H2,1-2,4-7H3/b11-8-,12-9-. The maximum Gasteiger partial charge on any atom is 0.0490 e. The van der Waals surface area contributed by atoms with Crippen LogP contribution in [0.2, 0.25) is 0 Å². The first-order valence-corrected chi connectivity index (χ1v) is 6.52. The molecule has 0 atom stereocenters. The number of rotatable bonds is 3. The van der Waals surface area contributed by atoms with E-state index in [1.54, 1.807) is 0 Å². The van der Waals surface area contributed by atoms with Crippen LogP contribution in [0.3, 0.4) is 0 Å². The molecule has 0 spiro atoms. The molecule has 0 aromatic carbocycles. The molecule has 0 aliphatic carbocycles. The third kappa shape index (κ3) is 2.50. The number of allylic oxidation sites excluding steroid dienone is 2. The molecule has 0 unspecified atom stereocenters. The van der Waals surface area contributed by atoms with Crippen LogP contribution >= 0.6 is 0 Å². The summed E-state index contributed by atoms with van der Waals surface area (Å²) in [5.41, 5.74) is 5.10. The van der Waals surface area contributed by atoms with Gasteiger partial charge in [-0.1, -0.05) is 30.9 Å². The molecule has 1 rings (SSSR count). The minimum atomic E-state index is 0.0660. The second-order valence-corrected chi connectivity index (χ2v) is 5.51. The third-order valence-corrected chi connectivity index (χ3v) is 3.07. The zero-order chi connectivity index (χ0) is 13.9. The number of nitrogens with zero attached hydrogens (tertiary/aromatic N) is 1. The van der Waals surface area contributed by atoms with Gasteiger partial charge in [-0.2, -0.15) is 0 Å². The lowest BCUT2D eigenvalue weighted by atomic mass is 10.1. The second-order valence-electron chi connectivity index (χ2n) is 5.51. The molecular formula is C17H25N. The van der Waals surface area contributed by atoms with Gasteiger partial charge in [-0.05, 0) is 47.6 Å². The third-order valence-electron chi connectivity index (χ3n) is 3.07. The van der Waals surface area contributed by atoms with Gasteiger partial charge >= 0.3 is 0 Å². The van der Waals surface area contributed by atoms with Gasteiger partial charge in [-0.15, -0.1) is 0 Å². The molecule has 0 fully saturated rings. The summed E-state index contributed by atoms with van der Waals surface area (Å²) < 4.78 is 2.39. The molecule has 1 aromatic rings. The highest BCUT2D eigenvalue weighted by molar-refractivity contribution is 5.75. The Morgan fingerprint density at radius 2 is 1.56 bits per heavy atom. The Kier molecular flexibility index (Phi) is 4.39. The van der Waals surface area contributed by atoms with Crippen LogP contribution in [0.1, 0.15) is 57.1 Å². The van der Waals surface area contributed by atoms with Crippen LogP contribution in [0, 0.1) is 6.92 Å². The van der Waals surface area contributed by atoms with Crippen LogP contribution in [-0.4, -0.2) is 4.57 Å². The highest BCUT2D eigenvalue weighted by atomic mass is 15.1. The largest absolute Gasteiger partial charge is 0.339 e. The first-order valence-electron chi connectivity index (χ1n) is 6.52. The minimum absolute atomic E-state index is 0.0660. The van der Waals surface area contributed by atoms with Crippen LogP contribution in [-0.2, 0) is 5.54 Å². The van der Waals surface area contributed by atoms with Crippen molar-refractivity contribution < 1.29 is 0 Å². The molecule has 0 saturated carbocycles. The van der Waals surface area contributed by atoms with E-state index in [0.717, 1.165) is 0 Å². The van der Waals surface area contributed by atoms with Crippen molar-refractivity contribution in [2.75, 3.05) is 0 Å². The highest BCUT2D eigenvalue weighted by Gasteiger charge is 2.23. The van der Waals surface area contributed by atoms with Gasteiger partial charge in [0, 0.05) is 28.1 Å². The molecule has 0 saturated heterocycles. The van der Waals surface area contributed by atoms with Crippen molar-refractivity contribution in [1.29, 1.82) is 0 Å². The summed E-state index contributed by atoms with van der Waals surface area (Å²) in [4.78, 5) is 0. The van der Waals surface area contributed by atoms with Gasteiger partial charge in [-0.25, -0.2) is 0 Å². The van der Waals surface area contributed by atoms with Crippen molar-refractivity contribution in [2.45, 2.75) is 47.1 Å². The van der Waals surface area contributed by atoms with Gasteiger partial charge in [-0.3, -0.25) is 0 Å². The fraction of sp³-hybridized carbons (Fsp3) is 0.412. The Bertz CT molecular complexity index is 491. The zero-order valence-electron chi connectivity index (χ0n) is 12.5. The molecule has 0 aliphatic rings. The maximum atomic E-state index is 3.97. The lowest BCUT2D eigenvalue weighted by molar-refractivity contribution is 0.388. The van der Waals surface area contributed by atoms with Crippen LogP contribution in [0.4, 0.5) is 0 Å². The van der Waals surface area contributed by atoms with Gasteiger partial charge < -0.3 is 4.57 Å². The average Bonchev–Trinajstić information content (AvgIpc) is 2.52. The van der Waals surface area contributed by atoms with Crippen molar-refractivity contribution in [2.24, 2.45) is 0 Å². The molecule has 98 valence electrons. The highest BCUT2D eigenvalue weighted by Crippen LogP contribution is 2.32. The molecule has 0 bridgehead atoms. The molecule has 0 amide bonds. The molecule has 0 aliphatic heterocycles. The van der Waals surface area contributed by atoms with Crippen LogP contribution in [0.15, 0.2) is 18.7 Å².